The Hall–Kier alpha value is -1.32. The van der Waals surface area contributed by atoms with Crippen molar-refractivity contribution in [2.24, 2.45) is 0 Å². The summed E-state index contributed by atoms with van der Waals surface area (Å²) in [4.78, 5) is 24.4. The molecular weight excluding hydrogens is 182 g/mol. The van der Waals surface area contributed by atoms with Crippen LogP contribution in [0.5, 0.6) is 0 Å². The van der Waals surface area contributed by atoms with E-state index in [1.54, 1.807) is 4.90 Å². The van der Waals surface area contributed by atoms with E-state index in [-0.39, 0.29) is 24.0 Å². The van der Waals surface area contributed by atoms with E-state index in [1.807, 2.05) is 0 Å². The monoisotopic (exact) mass is 195 g/mol. The second-order valence-corrected chi connectivity index (χ2v) is 3.79. The van der Waals surface area contributed by atoms with Gasteiger partial charge in [-0.05, 0) is 12.8 Å². The molecule has 2 rings (SSSR count). The summed E-state index contributed by atoms with van der Waals surface area (Å²) in [7, 11) is 0. The SMILES string of the molecule is C=COC(=O)N1C2CCC1CC(=O)C2. The number of rotatable bonds is 1. The summed E-state index contributed by atoms with van der Waals surface area (Å²) in [6.07, 6.45) is 3.59. The molecule has 2 heterocycles. The van der Waals surface area contributed by atoms with Crippen LogP contribution < -0.4 is 0 Å². The molecule has 0 aliphatic carbocycles. The lowest BCUT2D eigenvalue weighted by Gasteiger charge is -2.32. The highest BCUT2D eigenvalue weighted by atomic mass is 16.5. The zero-order valence-electron chi connectivity index (χ0n) is 7.94. The third-order valence-electron chi connectivity index (χ3n) is 2.94. The molecule has 0 spiro atoms. The van der Waals surface area contributed by atoms with E-state index in [2.05, 4.69) is 6.58 Å². The summed E-state index contributed by atoms with van der Waals surface area (Å²) < 4.78 is 4.74. The van der Waals surface area contributed by atoms with Crippen molar-refractivity contribution in [2.45, 2.75) is 37.8 Å². The lowest BCUT2D eigenvalue weighted by atomic mass is 10.0. The summed E-state index contributed by atoms with van der Waals surface area (Å²) in [5, 5.41) is 0. The molecule has 2 fully saturated rings. The molecule has 0 aromatic carbocycles. The Bertz CT molecular complexity index is 271. The normalized spacial score (nSPS) is 30.3. The van der Waals surface area contributed by atoms with Gasteiger partial charge in [-0.1, -0.05) is 6.58 Å². The van der Waals surface area contributed by atoms with Gasteiger partial charge in [0.05, 0.1) is 6.26 Å². The standard InChI is InChI=1S/C10H13NO3/c1-2-14-10(13)11-7-3-4-8(11)6-9(12)5-7/h2,7-8H,1,3-6H2. The van der Waals surface area contributed by atoms with Crippen LogP contribution in [0.4, 0.5) is 4.79 Å². The molecule has 0 N–H and O–H groups in total. The van der Waals surface area contributed by atoms with Crippen molar-refractivity contribution in [2.75, 3.05) is 0 Å². The highest BCUT2D eigenvalue weighted by molar-refractivity contribution is 5.83. The molecule has 2 aliphatic heterocycles. The minimum atomic E-state index is -0.361. The third-order valence-corrected chi connectivity index (χ3v) is 2.94. The molecule has 14 heavy (non-hydrogen) atoms. The maximum atomic E-state index is 11.5. The predicted molar refractivity (Wildman–Crippen MR) is 49.6 cm³/mol. The first-order valence-electron chi connectivity index (χ1n) is 4.84. The Morgan fingerprint density at radius 2 is 2.00 bits per heavy atom. The zero-order valence-corrected chi connectivity index (χ0v) is 7.94. The number of Topliss-reactive ketones (excluding diaryl/α,β-unsaturated/α-hetero) is 1. The van der Waals surface area contributed by atoms with Crippen LogP contribution >= 0.6 is 0 Å². The van der Waals surface area contributed by atoms with Gasteiger partial charge in [0.25, 0.3) is 0 Å². The van der Waals surface area contributed by atoms with Gasteiger partial charge in [0.1, 0.15) is 5.78 Å². The van der Waals surface area contributed by atoms with Gasteiger partial charge in [-0.2, -0.15) is 0 Å². The molecule has 0 aromatic heterocycles. The number of hydrogen-bond donors (Lipinski definition) is 0. The van der Waals surface area contributed by atoms with Gasteiger partial charge >= 0.3 is 6.09 Å². The van der Waals surface area contributed by atoms with Crippen molar-refractivity contribution in [3.8, 4) is 0 Å². The third kappa shape index (κ3) is 1.41. The molecule has 2 unspecified atom stereocenters. The smallest absolute Gasteiger partial charge is 0.415 e. The van der Waals surface area contributed by atoms with E-state index in [1.165, 1.54) is 0 Å². The van der Waals surface area contributed by atoms with Gasteiger partial charge in [0.15, 0.2) is 0 Å². The number of fused-ring (bicyclic) bond motifs is 2. The van der Waals surface area contributed by atoms with Gasteiger partial charge in [-0.15, -0.1) is 0 Å². The Morgan fingerprint density at radius 3 is 2.50 bits per heavy atom. The van der Waals surface area contributed by atoms with E-state index in [0.29, 0.717) is 12.8 Å². The minimum absolute atomic E-state index is 0.0636. The average molecular weight is 195 g/mol. The van der Waals surface area contributed by atoms with Gasteiger partial charge < -0.3 is 9.64 Å². The summed E-state index contributed by atoms with van der Waals surface area (Å²) in [5.41, 5.74) is 0. The Balaban J connectivity index is 2.10. The molecule has 0 radical (unpaired) electrons. The van der Waals surface area contributed by atoms with E-state index in [9.17, 15) is 9.59 Å². The highest BCUT2D eigenvalue weighted by Gasteiger charge is 2.43. The van der Waals surface area contributed by atoms with Gasteiger partial charge in [0, 0.05) is 24.9 Å². The maximum absolute atomic E-state index is 11.5. The fourth-order valence-electron chi connectivity index (χ4n) is 2.40. The summed E-state index contributed by atoms with van der Waals surface area (Å²) >= 11 is 0. The average Bonchev–Trinajstić information content (AvgIpc) is 2.39. The van der Waals surface area contributed by atoms with Gasteiger partial charge in [-0.3, -0.25) is 4.79 Å². The van der Waals surface area contributed by atoms with E-state index in [4.69, 9.17) is 4.74 Å². The van der Waals surface area contributed by atoms with Crippen molar-refractivity contribution < 1.29 is 14.3 Å². The maximum Gasteiger partial charge on any atom is 0.415 e. The first kappa shape index (κ1) is 9.24. The Kier molecular flexibility index (Phi) is 2.27. The number of nitrogens with zero attached hydrogens (tertiary/aromatic N) is 1. The Labute approximate surface area is 82.5 Å². The molecule has 2 bridgehead atoms. The van der Waals surface area contributed by atoms with E-state index >= 15 is 0 Å². The fraction of sp³-hybridized carbons (Fsp3) is 0.600. The van der Waals surface area contributed by atoms with Crippen molar-refractivity contribution in [3.63, 3.8) is 0 Å². The molecule has 0 saturated carbocycles. The molecule has 4 nitrogen and oxygen atoms in total. The number of carbonyl (C=O) groups is 2. The highest BCUT2D eigenvalue weighted by Crippen LogP contribution is 2.34. The van der Waals surface area contributed by atoms with Crippen LogP contribution in [0.15, 0.2) is 12.8 Å². The number of hydrogen-bond acceptors (Lipinski definition) is 3. The molecule has 76 valence electrons. The number of carbonyl (C=O) groups excluding carboxylic acids is 2. The molecule has 2 saturated heterocycles. The molecule has 0 aromatic rings. The summed E-state index contributed by atoms with van der Waals surface area (Å²) in [5.74, 6) is 0.264. The fourth-order valence-corrected chi connectivity index (χ4v) is 2.40. The second kappa shape index (κ2) is 3.44. The number of ether oxygens (including phenoxy) is 1. The van der Waals surface area contributed by atoms with Crippen LogP contribution in [0.25, 0.3) is 0 Å². The number of ketones is 1. The van der Waals surface area contributed by atoms with Crippen LogP contribution in [0.3, 0.4) is 0 Å². The quantitative estimate of drug-likeness (QED) is 0.595. The molecule has 4 heteroatoms. The van der Waals surface area contributed by atoms with Crippen LogP contribution in [-0.4, -0.2) is 28.9 Å². The largest absolute Gasteiger partial charge is 0.419 e. The van der Waals surface area contributed by atoms with E-state index < -0.39 is 0 Å². The number of amides is 1. The van der Waals surface area contributed by atoms with Crippen LogP contribution in [0, 0.1) is 0 Å². The number of piperidine rings is 1. The lowest BCUT2D eigenvalue weighted by Crippen LogP contribution is -2.46. The molecular formula is C10H13NO3. The molecule has 1 amide bonds. The first-order chi connectivity index (χ1) is 6.72. The molecule has 2 aliphatic rings. The summed E-state index contributed by atoms with van der Waals surface area (Å²) in [6.45, 7) is 3.34. The first-order valence-corrected chi connectivity index (χ1v) is 4.84. The van der Waals surface area contributed by atoms with Crippen molar-refractivity contribution in [1.82, 2.24) is 4.90 Å². The van der Waals surface area contributed by atoms with Gasteiger partial charge in [0.2, 0.25) is 0 Å². The van der Waals surface area contributed by atoms with E-state index in [0.717, 1.165) is 19.1 Å². The van der Waals surface area contributed by atoms with Crippen LogP contribution in [0.2, 0.25) is 0 Å². The minimum Gasteiger partial charge on any atom is -0.419 e. The lowest BCUT2D eigenvalue weighted by molar-refractivity contribution is -0.122. The predicted octanol–water partition coefficient (Wildman–Crippen LogP) is 1.46. The van der Waals surface area contributed by atoms with Gasteiger partial charge in [-0.25, -0.2) is 4.79 Å². The second-order valence-electron chi connectivity index (χ2n) is 3.79. The van der Waals surface area contributed by atoms with Crippen molar-refractivity contribution in [1.29, 1.82) is 0 Å². The van der Waals surface area contributed by atoms with Crippen molar-refractivity contribution >= 4 is 11.9 Å². The summed E-state index contributed by atoms with van der Waals surface area (Å²) in [6, 6.07) is 0.127. The topological polar surface area (TPSA) is 46.6 Å². The van der Waals surface area contributed by atoms with Crippen LogP contribution in [0.1, 0.15) is 25.7 Å². The van der Waals surface area contributed by atoms with Crippen molar-refractivity contribution in [3.05, 3.63) is 12.8 Å². The van der Waals surface area contributed by atoms with Crippen LogP contribution in [-0.2, 0) is 9.53 Å². The Morgan fingerprint density at radius 1 is 1.43 bits per heavy atom. The zero-order chi connectivity index (χ0) is 10.1. The molecule has 2 atom stereocenters.